The van der Waals surface area contributed by atoms with E-state index < -0.39 is 11.7 Å². The van der Waals surface area contributed by atoms with Gasteiger partial charge >= 0.3 is 6.09 Å². The van der Waals surface area contributed by atoms with Crippen LogP contribution in [-0.2, 0) is 28.7 Å². The van der Waals surface area contributed by atoms with Crippen LogP contribution in [0.2, 0.25) is 0 Å². The Labute approximate surface area is 632 Å². The Hall–Kier alpha value is -3.10. The molecule has 0 aliphatic carbocycles. The van der Waals surface area contributed by atoms with Crippen LogP contribution in [0.5, 0.6) is 0 Å². The maximum atomic E-state index is 14.4. The molecule has 0 bridgehead atoms. The van der Waals surface area contributed by atoms with Gasteiger partial charge in [-0.1, -0.05) is 336 Å². The van der Waals surface area contributed by atoms with Crippen LogP contribution in [0.4, 0.5) is 4.79 Å². The second-order valence-corrected chi connectivity index (χ2v) is 32.0. The van der Waals surface area contributed by atoms with Crippen molar-refractivity contribution >= 4 is 35.4 Å². The summed E-state index contributed by atoms with van der Waals surface area (Å²) in [6.07, 6.45) is 67.2. The summed E-state index contributed by atoms with van der Waals surface area (Å²) in [7, 11) is 0. The quantitative estimate of drug-likeness (QED) is 0.0500. The van der Waals surface area contributed by atoms with E-state index in [-0.39, 0.29) is 29.3 Å². The highest BCUT2D eigenvalue weighted by molar-refractivity contribution is 5.79. The van der Waals surface area contributed by atoms with Gasteiger partial charge in [-0.05, 0) is 52.9 Å². The molecule has 0 saturated carbocycles. The van der Waals surface area contributed by atoms with Gasteiger partial charge < -0.3 is 35.4 Å². The van der Waals surface area contributed by atoms with Gasteiger partial charge in [0, 0.05) is 137 Å². The molecule has 0 radical (unpaired) electrons. The number of carbonyl (C=O) groups excluding carboxylic acids is 6. The monoisotopic (exact) mass is 1440 g/mol. The fourth-order valence-electron chi connectivity index (χ4n) is 13.8. The van der Waals surface area contributed by atoms with Gasteiger partial charge in [0.25, 0.3) is 0 Å². The number of hydrogen-bond acceptors (Lipinski definition) is 10. The van der Waals surface area contributed by atoms with Crippen molar-refractivity contribution < 1.29 is 33.5 Å². The Morgan fingerprint density at radius 3 is 0.667 bits per heavy atom. The molecule has 0 aromatic rings. The molecule has 0 heterocycles. The Balaban J connectivity index is 6.48. The van der Waals surface area contributed by atoms with Gasteiger partial charge in [-0.25, -0.2) is 4.79 Å². The summed E-state index contributed by atoms with van der Waals surface area (Å²) in [6, 6.07) is 0. The Morgan fingerprint density at radius 1 is 0.235 bits per heavy atom. The SMILES string of the molecule is CCCCCCCCCCCCCC(=O)CCN(CCC(=O)CCCCCCCCCCCCC)CCN(CCC(=O)NCCCCCCCCCCCC)CCN(CCN(CCC(=O)NCCCCCCCCCCCC)CCC(=O)NCCCCCCCCCCCC)C(=O)OC(C)(C)C. The van der Waals surface area contributed by atoms with Crippen LogP contribution in [0.1, 0.15) is 434 Å². The van der Waals surface area contributed by atoms with E-state index in [0.29, 0.717) is 137 Å². The molecule has 4 amide bonds. The molecular weight excluding hydrogens is 1270 g/mol. The summed E-state index contributed by atoms with van der Waals surface area (Å²) in [4.78, 5) is 90.7. The number of nitrogens with one attached hydrogen (secondary N) is 3. The van der Waals surface area contributed by atoms with Crippen molar-refractivity contribution in [3.63, 3.8) is 0 Å². The van der Waals surface area contributed by atoms with Gasteiger partial charge in [-0.3, -0.25) is 28.9 Å². The first-order valence-corrected chi connectivity index (χ1v) is 44.7. The van der Waals surface area contributed by atoms with Crippen LogP contribution in [0.3, 0.4) is 0 Å². The average Bonchev–Trinajstić information content (AvgIpc) is 0.900. The van der Waals surface area contributed by atoms with Gasteiger partial charge in [0.2, 0.25) is 17.7 Å². The summed E-state index contributed by atoms with van der Waals surface area (Å²) in [6.45, 7) is 24.4. The predicted octanol–water partition coefficient (Wildman–Crippen LogP) is 22.7. The van der Waals surface area contributed by atoms with Crippen LogP contribution in [0.15, 0.2) is 0 Å². The summed E-state index contributed by atoms with van der Waals surface area (Å²) in [5, 5.41) is 9.57. The molecule has 0 aliphatic rings. The number of ether oxygens (including phenoxy) is 1. The van der Waals surface area contributed by atoms with Gasteiger partial charge in [-0.2, -0.15) is 0 Å². The van der Waals surface area contributed by atoms with Crippen molar-refractivity contribution in [2.45, 2.75) is 440 Å². The predicted molar refractivity (Wildman–Crippen MR) is 437 cm³/mol. The number of hydrogen-bond donors (Lipinski definition) is 3. The first-order valence-electron chi connectivity index (χ1n) is 44.7. The molecule has 0 aromatic carbocycles. The summed E-state index contributed by atoms with van der Waals surface area (Å²) in [5.74, 6) is 0.607. The lowest BCUT2D eigenvalue weighted by atomic mass is 10.0. The third-order valence-corrected chi connectivity index (χ3v) is 20.8. The van der Waals surface area contributed by atoms with Crippen molar-refractivity contribution in [2.24, 2.45) is 0 Å². The first-order chi connectivity index (χ1) is 49.7. The molecule has 14 nitrogen and oxygen atoms in total. The largest absolute Gasteiger partial charge is 0.444 e. The number of Topliss-reactive ketones (excluding diaryl/α,β-unsaturated/α-hetero) is 2. The van der Waals surface area contributed by atoms with Gasteiger partial charge in [0.15, 0.2) is 0 Å². The summed E-state index contributed by atoms with van der Waals surface area (Å²) < 4.78 is 6.11. The maximum absolute atomic E-state index is 14.4. The second kappa shape index (κ2) is 76.1. The molecule has 0 aliphatic heterocycles. The van der Waals surface area contributed by atoms with E-state index in [1.54, 1.807) is 4.90 Å². The van der Waals surface area contributed by atoms with Crippen molar-refractivity contribution in [1.82, 2.24) is 35.6 Å². The minimum atomic E-state index is -0.741. The highest BCUT2D eigenvalue weighted by atomic mass is 16.6. The zero-order valence-corrected chi connectivity index (χ0v) is 69.3. The highest BCUT2D eigenvalue weighted by Crippen LogP contribution is 2.18. The minimum Gasteiger partial charge on any atom is -0.444 e. The zero-order valence-electron chi connectivity index (χ0n) is 69.3. The zero-order chi connectivity index (χ0) is 74.7. The van der Waals surface area contributed by atoms with Gasteiger partial charge in [-0.15, -0.1) is 0 Å². The maximum Gasteiger partial charge on any atom is 0.410 e. The van der Waals surface area contributed by atoms with Crippen LogP contribution in [-0.4, -0.2) is 152 Å². The van der Waals surface area contributed by atoms with Crippen molar-refractivity contribution in [1.29, 1.82) is 0 Å². The second-order valence-electron chi connectivity index (χ2n) is 32.0. The highest BCUT2D eigenvalue weighted by Gasteiger charge is 2.25. The standard InChI is InChI=1S/C88H173N7O7/c1-9-14-19-24-29-34-39-41-46-51-56-61-82(96)63-71-92(72-64-83(97)62-57-52-47-42-40-35-30-25-20-15-10-2)76-77-94(75-67-86(100)91-70-60-55-50-45-38-33-28-23-18-13-5)79-81-95(87(101)102-88(6,7)8)80-78-93(73-65-84(98)89-68-58-53-48-43-36-31-26-21-16-11-3)74-66-85(99)90-69-59-54-49-44-37-32-27-22-17-12-4/h9-81H2,1-8H3,(H,89,98)(H,90,99)(H,91,100). The molecular formula is C88H173N7O7. The normalized spacial score (nSPS) is 11.8. The van der Waals surface area contributed by atoms with Crippen molar-refractivity contribution in [3.8, 4) is 0 Å². The number of rotatable bonds is 81. The molecule has 0 spiro atoms. The van der Waals surface area contributed by atoms with E-state index in [2.05, 4.69) is 65.3 Å². The summed E-state index contributed by atoms with van der Waals surface area (Å²) in [5.41, 5.74) is -0.741. The number of ketones is 2. The van der Waals surface area contributed by atoms with Crippen LogP contribution in [0, 0.1) is 0 Å². The lowest BCUT2D eigenvalue weighted by Crippen LogP contribution is -2.47. The van der Waals surface area contributed by atoms with E-state index >= 15 is 0 Å². The number of unbranched alkanes of at least 4 members (excludes halogenated alkanes) is 47. The van der Waals surface area contributed by atoms with E-state index in [4.69, 9.17) is 4.74 Å². The van der Waals surface area contributed by atoms with E-state index in [1.165, 1.54) is 270 Å². The van der Waals surface area contributed by atoms with E-state index in [9.17, 15) is 28.8 Å². The molecule has 0 rings (SSSR count). The lowest BCUT2D eigenvalue weighted by molar-refractivity contribution is -0.122. The summed E-state index contributed by atoms with van der Waals surface area (Å²) >= 11 is 0. The molecule has 0 aromatic heterocycles. The Bertz CT molecular complexity index is 1800. The van der Waals surface area contributed by atoms with Crippen molar-refractivity contribution in [3.05, 3.63) is 0 Å². The van der Waals surface area contributed by atoms with Crippen molar-refractivity contribution in [2.75, 3.05) is 91.6 Å². The third kappa shape index (κ3) is 72.5. The smallest absolute Gasteiger partial charge is 0.410 e. The molecule has 102 heavy (non-hydrogen) atoms. The molecule has 0 atom stereocenters. The fourth-order valence-corrected chi connectivity index (χ4v) is 13.8. The Kier molecular flexibility index (Phi) is 73.8. The van der Waals surface area contributed by atoms with E-state index in [1.807, 2.05) is 20.8 Å². The number of amides is 4. The topological polar surface area (TPSA) is 161 Å². The number of carbonyl (C=O) groups is 6. The van der Waals surface area contributed by atoms with Crippen LogP contribution in [0.25, 0.3) is 0 Å². The number of nitrogens with zero attached hydrogens (tertiary/aromatic N) is 4. The molecule has 0 unspecified atom stereocenters. The Morgan fingerprint density at radius 2 is 0.431 bits per heavy atom. The molecule has 0 fully saturated rings. The van der Waals surface area contributed by atoms with Gasteiger partial charge in [0.1, 0.15) is 17.2 Å². The minimum absolute atomic E-state index is 0.00461. The van der Waals surface area contributed by atoms with Crippen LogP contribution >= 0.6 is 0 Å². The van der Waals surface area contributed by atoms with Gasteiger partial charge in [0.05, 0.1) is 0 Å². The molecule has 3 N–H and O–H groups in total. The molecule has 0 saturated heterocycles. The molecule has 14 heteroatoms. The van der Waals surface area contributed by atoms with Crippen LogP contribution < -0.4 is 16.0 Å². The third-order valence-electron chi connectivity index (χ3n) is 20.8. The first kappa shape index (κ1) is 98.9. The lowest BCUT2D eigenvalue weighted by Gasteiger charge is -2.32. The van der Waals surface area contributed by atoms with E-state index in [0.717, 1.165) is 64.2 Å². The fraction of sp³-hybridized carbons (Fsp3) is 0.932. The molecule has 602 valence electrons. The average molecular weight is 1440 g/mol.